The van der Waals surface area contributed by atoms with Gasteiger partial charge in [-0.05, 0) is 52.9 Å². The van der Waals surface area contributed by atoms with Crippen LogP contribution in [0.1, 0.15) is 52.9 Å². The predicted octanol–water partition coefficient (Wildman–Crippen LogP) is 1.56. The fraction of sp³-hybridized carbons (Fsp3) is 0.889. The minimum Gasteiger partial charge on any atom is -0.444 e. The lowest BCUT2D eigenvalue weighted by Crippen LogP contribution is -2.52. The molecule has 2 rings (SSSR count). The highest BCUT2D eigenvalue weighted by molar-refractivity contribution is 7.88. The van der Waals surface area contributed by atoms with Gasteiger partial charge in [-0.3, -0.25) is 4.79 Å². The van der Waals surface area contributed by atoms with Crippen molar-refractivity contribution < 1.29 is 22.7 Å². The molecule has 2 aliphatic heterocycles. The SMILES string of the molecule is CC(C)(C)OC(=O)N1CCC(C(=O)N2CCCCC2CNS(C)(=O)=O)CC1. The fourth-order valence-corrected chi connectivity index (χ4v) is 4.12. The van der Waals surface area contributed by atoms with Crippen molar-refractivity contribution in [3.05, 3.63) is 0 Å². The number of nitrogens with one attached hydrogen (secondary N) is 1. The second-order valence-corrected chi connectivity index (χ2v) is 10.4. The molecular weight excluding hydrogens is 370 g/mol. The summed E-state index contributed by atoms with van der Waals surface area (Å²) in [7, 11) is -3.28. The van der Waals surface area contributed by atoms with E-state index in [1.54, 1.807) is 4.90 Å². The van der Waals surface area contributed by atoms with E-state index in [0.29, 0.717) is 32.5 Å². The average Bonchev–Trinajstić information content (AvgIpc) is 2.57. The van der Waals surface area contributed by atoms with Gasteiger partial charge in [-0.2, -0.15) is 0 Å². The lowest BCUT2D eigenvalue weighted by atomic mass is 9.92. The molecule has 0 spiro atoms. The molecule has 1 atom stereocenters. The van der Waals surface area contributed by atoms with E-state index in [1.165, 1.54) is 0 Å². The van der Waals surface area contributed by atoms with Gasteiger partial charge in [-0.25, -0.2) is 17.9 Å². The molecule has 2 fully saturated rings. The summed E-state index contributed by atoms with van der Waals surface area (Å²) in [5, 5.41) is 0. The molecule has 2 amide bonds. The first-order valence-electron chi connectivity index (χ1n) is 9.69. The van der Waals surface area contributed by atoms with Gasteiger partial charge in [0, 0.05) is 38.1 Å². The Morgan fingerprint density at radius 3 is 2.26 bits per heavy atom. The van der Waals surface area contributed by atoms with Crippen molar-refractivity contribution in [2.24, 2.45) is 5.92 Å². The van der Waals surface area contributed by atoms with Gasteiger partial charge in [0.1, 0.15) is 5.60 Å². The van der Waals surface area contributed by atoms with Crippen LogP contribution >= 0.6 is 0 Å². The number of nitrogens with zero attached hydrogens (tertiary/aromatic N) is 2. The number of hydrogen-bond acceptors (Lipinski definition) is 5. The fourth-order valence-electron chi connectivity index (χ4n) is 3.62. The maximum atomic E-state index is 13.0. The topological polar surface area (TPSA) is 96.0 Å². The van der Waals surface area contributed by atoms with Crippen molar-refractivity contribution >= 4 is 22.0 Å². The van der Waals surface area contributed by atoms with Crippen molar-refractivity contribution in [2.45, 2.75) is 64.5 Å². The Bertz CT molecular complexity index is 636. The molecule has 156 valence electrons. The second kappa shape index (κ2) is 8.77. The van der Waals surface area contributed by atoms with Crippen LogP contribution in [0.2, 0.25) is 0 Å². The molecule has 0 bridgehead atoms. The average molecular weight is 404 g/mol. The summed E-state index contributed by atoms with van der Waals surface area (Å²) < 4.78 is 30.7. The van der Waals surface area contributed by atoms with Crippen LogP contribution in [-0.4, -0.2) is 74.3 Å². The summed E-state index contributed by atoms with van der Waals surface area (Å²) in [5.41, 5.74) is -0.530. The molecule has 0 aliphatic carbocycles. The highest BCUT2D eigenvalue weighted by Gasteiger charge is 2.35. The first-order chi connectivity index (χ1) is 12.5. The Hall–Kier alpha value is -1.35. The van der Waals surface area contributed by atoms with Gasteiger partial charge < -0.3 is 14.5 Å². The van der Waals surface area contributed by atoms with Crippen LogP contribution in [-0.2, 0) is 19.6 Å². The maximum absolute atomic E-state index is 13.0. The Labute approximate surface area is 162 Å². The number of sulfonamides is 1. The molecular formula is C18H33N3O5S. The van der Waals surface area contributed by atoms with Gasteiger partial charge in [0.05, 0.1) is 6.26 Å². The third kappa shape index (κ3) is 6.95. The second-order valence-electron chi connectivity index (χ2n) is 8.54. The molecule has 2 aliphatic rings. The Morgan fingerprint density at radius 1 is 1.07 bits per heavy atom. The normalized spacial score (nSPS) is 22.6. The Morgan fingerprint density at radius 2 is 1.70 bits per heavy atom. The molecule has 0 saturated carbocycles. The summed E-state index contributed by atoms with van der Waals surface area (Å²) in [5.74, 6) is -0.0404. The third-order valence-corrected chi connectivity index (χ3v) is 5.68. The van der Waals surface area contributed by atoms with E-state index < -0.39 is 15.6 Å². The monoisotopic (exact) mass is 403 g/mol. The smallest absolute Gasteiger partial charge is 0.410 e. The summed E-state index contributed by atoms with van der Waals surface area (Å²) in [6.07, 6.45) is 4.78. The molecule has 0 radical (unpaired) electrons. The van der Waals surface area contributed by atoms with E-state index in [1.807, 2.05) is 25.7 Å². The van der Waals surface area contributed by atoms with Gasteiger partial charge >= 0.3 is 6.09 Å². The zero-order valence-electron chi connectivity index (χ0n) is 16.9. The predicted molar refractivity (Wildman–Crippen MR) is 103 cm³/mol. The number of carbonyl (C=O) groups excluding carboxylic acids is 2. The van der Waals surface area contributed by atoms with Gasteiger partial charge in [0.2, 0.25) is 15.9 Å². The number of amides is 2. The van der Waals surface area contributed by atoms with Crippen LogP contribution in [0.4, 0.5) is 4.79 Å². The quantitative estimate of drug-likeness (QED) is 0.769. The lowest BCUT2D eigenvalue weighted by molar-refractivity contribution is -0.140. The van der Waals surface area contributed by atoms with E-state index in [0.717, 1.165) is 25.5 Å². The van der Waals surface area contributed by atoms with Gasteiger partial charge in [-0.1, -0.05) is 0 Å². The molecule has 2 saturated heterocycles. The van der Waals surface area contributed by atoms with Crippen molar-refractivity contribution in [2.75, 3.05) is 32.4 Å². The van der Waals surface area contributed by atoms with E-state index in [4.69, 9.17) is 4.74 Å². The zero-order valence-corrected chi connectivity index (χ0v) is 17.7. The molecule has 2 heterocycles. The van der Waals surface area contributed by atoms with E-state index >= 15 is 0 Å². The van der Waals surface area contributed by atoms with Crippen LogP contribution in [0.3, 0.4) is 0 Å². The minimum atomic E-state index is -3.28. The molecule has 27 heavy (non-hydrogen) atoms. The highest BCUT2D eigenvalue weighted by Crippen LogP contribution is 2.25. The number of likely N-dealkylation sites (tertiary alicyclic amines) is 2. The van der Waals surface area contributed by atoms with Crippen LogP contribution in [0, 0.1) is 5.92 Å². The lowest BCUT2D eigenvalue weighted by Gasteiger charge is -2.40. The molecule has 0 aromatic carbocycles. The van der Waals surface area contributed by atoms with E-state index in [2.05, 4.69) is 4.72 Å². The third-order valence-electron chi connectivity index (χ3n) is 4.99. The molecule has 0 aromatic rings. The van der Waals surface area contributed by atoms with Crippen molar-refractivity contribution in [1.29, 1.82) is 0 Å². The molecule has 9 heteroatoms. The largest absolute Gasteiger partial charge is 0.444 e. The molecule has 0 aromatic heterocycles. The first kappa shape index (κ1) is 21.9. The van der Waals surface area contributed by atoms with Crippen molar-refractivity contribution in [3.63, 3.8) is 0 Å². The van der Waals surface area contributed by atoms with Crippen molar-refractivity contribution in [1.82, 2.24) is 14.5 Å². The zero-order chi connectivity index (χ0) is 20.2. The van der Waals surface area contributed by atoms with Gasteiger partial charge in [0.15, 0.2) is 0 Å². The van der Waals surface area contributed by atoms with Crippen LogP contribution in [0.15, 0.2) is 0 Å². The van der Waals surface area contributed by atoms with E-state index in [-0.39, 0.29) is 30.5 Å². The van der Waals surface area contributed by atoms with Gasteiger partial charge in [-0.15, -0.1) is 0 Å². The van der Waals surface area contributed by atoms with Crippen molar-refractivity contribution in [3.8, 4) is 0 Å². The molecule has 1 N–H and O–H groups in total. The van der Waals surface area contributed by atoms with E-state index in [9.17, 15) is 18.0 Å². The molecule has 1 unspecified atom stereocenters. The minimum absolute atomic E-state index is 0.0823. The molecule has 8 nitrogen and oxygen atoms in total. The van der Waals surface area contributed by atoms with Crippen LogP contribution < -0.4 is 4.72 Å². The Balaban J connectivity index is 1.90. The summed E-state index contributed by atoms with van der Waals surface area (Å²) in [6, 6.07) is -0.0927. The summed E-state index contributed by atoms with van der Waals surface area (Å²) in [4.78, 5) is 28.7. The Kier molecular flexibility index (Phi) is 7.13. The highest BCUT2D eigenvalue weighted by atomic mass is 32.2. The summed E-state index contributed by atoms with van der Waals surface area (Å²) >= 11 is 0. The number of carbonyl (C=O) groups is 2. The number of hydrogen-bond donors (Lipinski definition) is 1. The first-order valence-corrected chi connectivity index (χ1v) is 11.6. The number of ether oxygens (including phenoxy) is 1. The number of rotatable bonds is 4. The standard InChI is InChI=1S/C18H33N3O5S/c1-18(2,3)26-17(23)20-11-8-14(9-12-20)16(22)21-10-6-5-7-15(21)13-19-27(4,24)25/h14-15,19H,5-13H2,1-4H3. The van der Waals surface area contributed by atoms with Crippen LogP contribution in [0.25, 0.3) is 0 Å². The number of piperidine rings is 2. The summed E-state index contributed by atoms with van der Waals surface area (Å²) in [6.45, 7) is 7.45. The maximum Gasteiger partial charge on any atom is 0.410 e. The van der Waals surface area contributed by atoms with Gasteiger partial charge in [0.25, 0.3) is 0 Å². The van der Waals surface area contributed by atoms with Crippen LogP contribution in [0.5, 0.6) is 0 Å².